The molecule has 1 aliphatic heterocycles. The van der Waals surface area contributed by atoms with E-state index in [9.17, 15) is 0 Å². The highest BCUT2D eigenvalue weighted by Crippen LogP contribution is 2.25. The maximum Gasteiger partial charge on any atom is 0.163 e. The van der Waals surface area contributed by atoms with Gasteiger partial charge >= 0.3 is 0 Å². The van der Waals surface area contributed by atoms with Crippen LogP contribution in [0.2, 0.25) is 0 Å². The summed E-state index contributed by atoms with van der Waals surface area (Å²) in [6.07, 6.45) is 21.4. The van der Waals surface area contributed by atoms with Gasteiger partial charge in [0.25, 0.3) is 0 Å². The highest BCUT2D eigenvalue weighted by Gasteiger charge is 2.31. The van der Waals surface area contributed by atoms with Gasteiger partial charge in [-0.2, -0.15) is 0 Å². The van der Waals surface area contributed by atoms with Gasteiger partial charge in [0.05, 0.1) is 12.7 Å². The molecule has 0 aromatic rings. The van der Waals surface area contributed by atoms with Crippen LogP contribution in [0.5, 0.6) is 0 Å². The van der Waals surface area contributed by atoms with Crippen LogP contribution in [-0.4, -0.2) is 18.5 Å². The van der Waals surface area contributed by atoms with E-state index in [4.69, 9.17) is 9.47 Å². The minimum Gasteiger partial charge on any atom is -0.348 e. The molecule has 0 saturated carbocycles. The molecule has 25 heavy (non-hydrogen) atoms. The molecule has 0 aromatic carbocycles. The van der Waals surface area contributed by atoms with Gasteiger partial charge in [0.15, 0.2) is 5.79 Å². The van der Waals surface area contributed by atoms with Crippen LogP contribution in [0.4, 0.5) is 0 Å². The maximum atomic E-state index is 5.85. The van der Waals surface area contributed by atoms with Crippen LogP contribution >= 0.6 is 0 Å². The summed E-state index contributed by atoms with van der Waals surface area (Å²) in [5, 5.41) is 0. The summed E-state index contributed by atoms with van der Waals surface area (Å²) in [6.45, 7) is 9.48. The molecule has 0 aliphatic carbocycles. The summed E-state index contributed by atoms with van der Waals surface area (Å²) in [6, 6.07) is 0. The van der Waals surface area contributed by atoms with Crippen molar-refractivity contribution in [1.29, 1.82) is 0 Å². The van der Waals surface area contributed by atoms with Crippen molar-refractivity contribution in [2.75, 3.05) is 6.61 Å². The minimum atomic E-state index is -0.348. The first-order valence-corrected chi connectivity index (χ1v) is 11.3. The van der Waals surface area contributed by atoms with E-state index in [1.165, 1.54) is 96.3 Å². The molecular weight excluding hydrogens is 308 g/mol. The van der Waals surface area contributed by atoms with E-state index < -0.39 is 0 Å². The van der Waals surface area contributed by atoms with Gasteiger partial charge in [-0.05, 0) is 26.2 Å². The van der Waals surface area contributed by atoms with Crippen LogP contribution in [-0.2, 0) is 9.47 Å². The fourth-order valence-electron chi connectivity index (χ4n) is 3.77. The maximum absolute atomic E-state index is 5.85. The lowest BCUT2D eigenvalue weighted by molar-refractivity contribution is -0.139. The first-order valence-electron chi connectivity index (χ1n) is 11.3. The Hall–Kier alpha value is -0.0800. The van der Waals surface area contributed by atoms with Gasteiger partial charge in [0.1, 0.15) is 0 Å². The molecule has 150 valence electrons. The van der Waals surface area contributed by atoms with E-state index in [2.05, 4.69) is 13.8 Å². The van der Waals surface area contributed by atoms with E-state index in [0.29, 0.717) is 6.10 Å². The van der Waals surface area contributed by atoms with Gasteiger partial charge < -0.3 is 9.47 Å². The highest BCUT2D eigenvalue weighted by atomic mass is 16.7. The van der Waals surface area contributed by atoms with Gasteiger partial charge in [0, 0.05) is 0 Å². The Bertz CT molecular complexity index is 298. The molecule has 2 nitrogen and oxygen atoms in total. The van der Waals surface area contributed by atoms with Crippen molar-refractivity contribution in [2.24, 2.45) is 5.92 Å². The summed E-state index contributed by atoms with van der Waals surface area (Å²) in [4.78, 5) is 0. The van der Waals surface area contributed by atoms with E-state index in [-0.39, 0.29) is 5.79 Å². The van der Waals surface area contributed by atoms with E-state index in [1.54, 1.807) is 0 Å². The summed E-state index contributed by atoms with van der Waals surface area (Å²) in [7, 11) is 0. The average Bonchev–Trinajstić information content (AvgIpc) is 2.90. The molecule has 1 atom stereocenters. The third kappa shape index (κ3) is 13.7. The van der Waals surface area contributed by atoms with Gasteiger partial charge in [-0.1, -0.05) is 104 Å². The zero-order valence-electron chi connectivity index (χ0n) is 17.8. The largest absolute Gasteiger partial charge is 0.348 e. The number of ether oxygens (including phenoxy) is 2. The Morgan fingerprint density at radius 2 is 1.16 bits per heavy atom. The molecule has 1 unspecified atom stereocenters. The first kappa shape index (κ1) is 23.0. The van der Waals surface area contributed by atoms with E-state index in [0.717, 1.165) is 12.5 Å². The zero-order valence-corrected chi connectivity index (χ0v) is 17.8. The minimum absolute atomic E-state index is 0.334. The molecule has 1 rings (SSSR count). The van der Waals surface area contributed by atoms with Crippen molar-refractivity contribution >= 4 is 0 Å². The van der Waals surface area contributed by atoms with Gasteiger partial charge in [-0.15, -0.1) is 0 Å². The van der Waals surface area contributed by atoms with Crippen molar-refractivity contribution in [3.63, 3.8) is 0 Å². The Morgan fingerprint density at radius 1 is 0.720 bits per heavy atom. The van der Waals surface area contributed by atoms with Crippen LogP contribution in [0.15, 0.2) is 0 Å². The molecular formula is C23H46O2. The van der Waals surface area contributed by atoms with Crippen molar-refractivity contribution in [2.45, 2.75) is 136 Å². The molecule has 0 bridgehead atoms. The van der Waals surface area contributed by atoms with Crippen LogP contribution < -0.4 is 0 Å². The SMILES string of the molecule is CC(C)CCCCCCCCCCCCCCCC1COC(C)(C)O1. The molecule has 1 heterocycles. The summed E-state index contributed by atoms with van der Waals surface area (Å²) in [5.41, 5.74) is 0. The Balaban J connectivity index is 1.71. The second kappa shape index (κ2) is 14.0. The first-order chi connectivity index (χ1) is 12.0. The fourth-order valence-corrected chi connectivity index (χ4v) is 3.77. The van der Waals surface area contributed by atoms with Crippen molar-refractivity contribution < 1.29 is 9.47 Å². The third-order valence-electron chi connectivity index (χ3n) is 5.37. The molecule has 0 N–H and O–H groups in total. The monoisotopic (exact) mass is 354 g/mol. The predicted molar refractivity (Wildman–Crippen MR) is 109 cm³/mol. The molecule has 0 spiro atoms. The lowest BCUT2D eigenvalue weighted by atomic mass is 10.0. The number of hydrogen-bond donors (Lipinski definition) is 0. The van der Waals surface area contributed by atoms with Crippen LogP contribution in [0.25, 0.3) is 0 Å². The quantitative estimate of drug-likeness (QED) is 0.265. The normalized spacial score (nSPS) is 19.8. The van der Waals surface area contributed by atoms with Gasteiger partial charge in [-0.3, -0.25) is 0 Å². The Kier molecular flexibility index (Phi) is 12.9. The van der Waals surface area contributed by atoms with E-state index in [1.807, 2.05) is 13.8 Å². The standard InChI is InChI=1S/C23H46O2/c1-21(2)18-16-14-12-10-8-6-5-7-9-11-13-15-17-19-22-20-24-23(3,4)25-22/h21-22H,5-20H2,1-4H3. The fraction of sp³-hybridized carbons (Fsp3) is 1.00. The Morgan fingerprint density at radius 3 is 1.56 bits per heavy atom. The van der Waals surface area contributed by atoms with Crippen molar-refractivity contribution in [1.82, 2.24) is 0 Å². The Labute approximate surface area is 158 Å². The van der Waals surface area contributed by atoms with E-state index >= 15 is 0 Å². The molecule has 1 saturated heterocycles. The molecule has 1 fully saturated rings. The summed E-state index contributed by atoms with van der Waals surface area (Å²) < 4.78 is 11.5. The molecule has 0 aromatic heterocycles. The zero-order chi connectivity index (χ0) is 18.4. The topological polar surface area (TPSA) is 18.5 Å². The molecule has 0 radical (unpaired) electrons. The summed E-state index contributed by atoms with van der Waals surface area (Å²) >= 11 is 0. The van der Waals surface area contributed by atoms with Gasteiger partial charge in [0.2, 0.25) is 0 Å². The lowest BCUT2D eigenvalue weighted by Gasteiger charge is -2.16. The molecule has 1 aliphatic rings. The second-order valence-electron chi connectivity index (χ2n) is 9.02. The second-order valence-corrected chi connectivity index (χ2v) is 9.02. The van der Waals surface area contributed by atoms with Crippen LogP contribution in [0, 0.1) is 5.92 Å². The molecule has 2 heteroatoms. The number of hydrogen-bond acceptors (Lipinski definition) is 2. The predicted octanol–water partition coefficient (Wildman–Crippen LogP) is 7.65. The van der Waals surface area contributed by atoms with Crippen LogP contribution in [0.3, 0.4) is 0 Å². The van der Waals surface area contributed by atoms with Crippen molar-refractivity contribution in [3.05, 3.63) is 0 Å². The molecule has 0 amide bonds. The van der Waals surface area contributed by atoms with Crippen LogP contribution in [0.1, 0.15) is 124 Å². The highest BCUT2D eigenvalue weighted by molar-refractivity contribution is 4.70. The van der Waals surface area contributed by atoms with Gasteiger partial charge in [-0.25, -0.2) is 0 Å². The smallest absolute Gasteiger partial charge is 0.163 e. The lowest BCUT2D eigenvalue weighted by Crippen LogP contribution is -2.21. The number of unbranched alkanes of at least 4 members (excludes halogenated alkanes) is 12. The average molecular weight is 355 g/mol. The van der Waals surface area contributed by atoms with Crippen molar-refractivity contribution in [3.8, 4) is 0 Å². The number of rotatable bonds is 16. The third-order valence-corrected chi connectivity index (χ3v) is 5.37. The summed E-state index contributed by atoms with van der Waals surface area (Å²) in [5.74, 6) is 0.538.